The first kappa shape index (κ1) is 13.1. The fourth-order valence-electron chi connectivity index (χ4n) is 2.47. The molecule has 4 rings (SSSR count). The summed E-state index contributed by atoms with van der Waals surface area (Å²) >= 11 is 1.61. The number of fused-ring (bicyclic) bond motifs is 3. The number of ether oxygens (including phenoxy) is 2. The van der Waals surface area contributed by atoms with Gasteiger partial charge < -0.3 is 9.47 Å². The Bertz CT molecular complexity index is 960. The van der Waals surface area contributed by atoms with E-state index in [1.807, 2.05) is 30.3 Å². The second-order valence-electron chi connectivity index (χ2n) is 4.77. The van der Waals surface area contributed by atoms with Gasteiger partial charge in [-0.15, -0.1) is 0 Å². The van der Waals surface area contributed by atoms with Crippen molar-refractivity contribution in [1.82, 2.24) is 14.4 Å². The zero-order chi connectivity index (χ0) is 15.1. The minimum absolute atomic E-state index is 0.686. The van der Waals surface area contributed by atoms with Crippen LogP contribution in [0.2, 0.25) is 0 Å². The number of hydrogen-bond donors (Lipinski definition) is 0. The van der Waals surface area contributed by atoms with Gasteiger partial charge in [0.1, 0.15) is 0 Å². The molecule has 0 fully saturated rings. The second-order valence-corrected chi connectivity index (χ2v) is 5.78. The van der Waals surface area contributed by atoms with E-state index < -0.39 is 0 Å². The van der Waals surface area contributed by atoms with Crippen molar-refractivity contribution < 1.29 is 9.47 Å². The average molecular weight is 311 g/mol. The number of hydrogen-bond acceptors (Lipinski definition) is 5. The van der Waals surface area contributed by atoms with Crippen LogP contribution in [-0.2, 0) is 0 Å². The van der Waals surface area contributed by atoms with Gasteiger partial charge >= 0.3 is 0 Å². The van der Waals surface area contributed by atoms with E-state index in [-0.39, 0.29) is 0 Å². The Balaban J connectivity index is 1.94. The Labute approximate surface area is 130 Å². The van der Waals surface area contributed by atoms with Crippen LogP contribution in [-0.4, -0.2) is 28.6 Å². The molecule has 3 aromatic heterocycles. The van der Waals surface area contributed by atoms with E-state index in [4.69, 9.17) is 9.47 Å². The summed E-state index contributed by atoms with van der Waals surface area (Å²) in [5.41, 5.74) is 2.83. The quantitative estimate of drug-likeness (QED) is 0.580. The van der Waals surface area contributed by atoms with Crippen LogP contribution in [0.15, 0.2) is 42.7 Å². The molecule has 1 aromatic carbocycles. The molecule has 6 heteroatoms. The van der Waals surface area contributed by atoms with Crippen LogP contribution in [0.5, 0.6) is 11.5 Å². The van der Waals surface area contributed by atoms with Crippen molar-refractivity contribution >= 4 is 27.3 Å². The van der Waals surface area contributed by atoms with Crippen LogP contribution in [0.4, 0.5) is 0 Å². The van der Waals surface area contributed by atoms with Gasteiger partial charge in [-0.1, -0.05) is 17.4 Å². The SMILES string of the molecule is COc1cc2nc3sc(-c4ccccn4)cn3c2cc1OC. The normalized spacial score (nSPS) is 11.2. The van der Waals surface area contributed by atoms with Crippen molar-refractivity contribution in [2.45, 2.75) is 0 Å². The van der Waals surface area contributed by atoms with Gasteiger partial charge in [0.05, 0.1) is 35.8 Å². The maximum atomic E-state index is 5.38. The van der Waals surface area contributed by atoms with Gasteiger partial charge in [0, 0.05) is 24.5 Å². The molecule has 3 heterocycles. The van der Waals surface area contributed by atoms with Crippen molar-refractivity contribution in [3.8, 4) is 22.1 Å². The van der Waals surface area contributed by atoms with E-state index in [1.54, 1.807) is 31.8 Å². The number of aromatic nitrogens is 3. The molecule has 0 saturated carbocycles. The van der Waals surface area contributed by atoms with Gasteiger partial charge in [0.2, 0.25) is 0 Å². The minimum Gasteiger partial charge on any atom is -0.493 e. The van der Waals surface area contributed by atoms with Crippen molar-refractivity contribution in [3.05, 3.63) is 42.7 Å². The molecule has 0 atom stereocenters. The molecular weight excluding hydrogens is 298 g/mol. The fraction of sp³-hybridized carbons (Fsp3) is 0.125. The van der Waals surface area contributed by atoms with E-state index >= 15 is 0 Å². The van der Waals surface area contributed by atoms with Crippen molar-refractivity contribution in [3.63, 3.8) is 0 Å². The Morgan fingerprint density at radius 1 is 1.09 bits per heavy atom. The molecule has 22 heavy (non-hydrogen) atoms. The predicted molar refractivity (Wildman–Crippen MR) is 86.9 cm³/mol. The third-order valence-corrected chi connectivity index (χ3v) is 4.53. The summed E-state index contributed by atoms with van der Waals surface area (Å²) < 4.78 is 12.8. The number of nitrogens with zero attached hydrogens (tertiary/aromatic N) is 3. The van der Waals surface area contributed by atoms with E-state index in [0.717, 1.165) is 26.6 Å². The number of thiazole rings is 1. The highest BCUT2D eigenvalue weighted by Crippen LogP contribution is 2.35. The summed E-state index contributed by atoms with van der Waals surface area (Å²) in [5, 5.41) is 0. The average Bonchev–Trinajstić information content (AvgIpc) is 3.11. The smallest absolute Gasteiger partial charge is 0.195 e. The highest BCUT2D eigenvalue weighted by Gasteiger charge is 2.14. The molecule has 0 aliphatic carbocycles. The van der Waals surface area contributed by atoms with Crippen molar-refractivity contribution in [2.24, 2.45) is 0 Å². The van der Waals surface area contributed by atoms with Crippen molar-refractivity contribution in [1.29, 1.82) is 0 Å². The molecule has 0 amide bonds. The second kappa shape index (κ2) is 4.99. The summed E-state index contributed by atoms with van der Waals surface area (Å²) in [7, 11) is 3.26. The third-order valence-electron chi connectivity index (χ3n) is 3.53. The number of pyridine rings is 1. The van der Waals surface area contributed by atoms with Crippen LogP contribution >= 0.6 is 11.3 Å². The molecule has 0 unspecified atom stereocenters. The number of benzene rings is 1. The lowest BCUT2D eigenvalue weighted by molar-refractivity contribution is 0.355. The topological polar surface area (TPSA) is 48.7 Å². The van der Waals surface area contributed by atoms with Gasteiger partial charge in [0.25, 0.3) is 0 Å². The van der Waals surface area contributed by atoms with Crippen LogP contribution in [0.3, 0.4) is 0 Å². The van der Waals surface area contributed by atoms with E-state index in [0.29, 0.717) is 11.5 Å². The first-order chi connectivity index (χ1) is 10.8. The monoisotopic (exact) mass is 311 g/mol. The minimum atomic E-state index is 0.686. The Hall–Kier alpha value is -2.60. The van der Waals surface area contributed by atoms with Gasteiger partial charge in [-0.3, -0.25) is 9.38 Å². The molecule has 0 radical (unpaired) electrons. The Morgan fingerprint density at radius 3 is 2.64 bits per heavy atom. The third kappa shape index (κ3) is 1.92. The van der Waals surface area contributed by atoms with E-state index in [1.165, 1.54) is 0 Å². The molecular formula is C16H13N3O2S. The summed E-state index contributed by atoms with van der Waals surface area (Å²) in [6.45, 7) is 0. The molecule has 0 saturated heterocycles. The molecule has 0 aliphatic rings. The van der Waals surface area contributed by atoms with E-state index in [9.17, 15) is 0 Å². The van der Waals surface area contributed by atoms with Gasteiger partial charge in [-0.25, -0.2) is 4.98 Å². The summed E-state index contributed by atoms with van der Waals surface area (Å²) in [5.74, 6) is 1.38. The number of methoxy groups -OCH3 is 2. The van der Waals surface area contributed by atoms with E-state index in [2.05, 4.69) is 20.6 Å². The number of rotatable bonds is 3. The van der Waals surface area contributed by atoms with Crippen molar-refractivity contribution in [2.75, 3.05) is 14.2 Å². The molecule has 0 bridgehead atoms. The molecule has 0 spiro atoms. The lowest BCUT2D eigenvalue weighted by Gasteiger charge is -2.06. The number of imidazole rings is 1. The highest BCUT2D eigenvalue weighted by atomic mass is 32.1. The Kier molecular flexibility index (Phi) is 2.97. The Morgan fingerprint density at radius 2 is 1.91 bits per heavy atom. The maximum absolute atomic E-state index is 5.38. The van der Waals surface area contributed by atoms with Crippen LogP contribution in [0.25, 0.3) is 26.6 Å². The molecule has 5 nitrogen and oxygen atoms in total. The van der Waals surface area contributed by atoms with Crippen LogP contribution < -0.4 is 9.47 Å². The predicted octanol–water partition coefficient (Wildman–Crippen LogP) is 3.63. The first-order valence-electron chi connectivity index (χ1n) is 6.75. The molecule has 4 aromatic rings. The van der Waals surface area contributed by atoms with Gasteiger partial charge in [0.15, 0.2) is 16.5 Å². The summed E-state index contributed by atoms with van der Waals surface area (Å²) in [6.07, 6.45) is 3.85. The highest BCUT2D eigenvalue weighted by molar-refractivity contribution is 7.20. The molecule has 0 aliphatic heterocycles. The lowest BCUT2D eigenvalue weighted by Crippen LogP contribution is -1.90. The van der Waals surface area contributed by atoms with Gasteiger partial charge in [-0.05, 0) is 12.1 Å². The largest absolute Gasteiger partial charge is 0.493 e. The first-order valence-corrected chi connectivity index (χ1v) is 7.57. The molecule has 110 valence electrons. The summed E-state index contributed by atoms with van der Waals surface area (Å²) in [4.78, 5) is 11.1. The van der Waals surface area contributed by atoms with Crippen LogP contribution in [0, 0.1) is 0 Å². The summed E-state index contributed by atoms with van der Waals surface area (Å²) in [6, 6.07) is 9.74. The van der Waals surface area contributed by atoms with Gasteiger partial charge in [-0.2, -0.15) is 0 Å². The molecule has 0 N–H and O–H groups in total. The standard InChI is InChI=1S/C16H13N3O2S/c1-20-13-7-11-12(8-14(13)21-2)19-9-15(22-16(19)18-11)10-5-3-4-6-17-10/h3-9H,1-2H3. The van der Waals surface area contributed by atoms with Crippen LogP contribution in [0.1, 0.15) is 0 Å². The zero-order valence-electron chi connectivity index (χ0n) is 12.1. The zero-order valence-corrected chi connectivity index (χ0v) is 12.9. The fourth-order valence-corrected chi connectivity index (χ4v) is 3.44. The lowest BCUT2D eigenvalue weighted by atomic mass is 10.2. The maximum Gasteiger partial charge on any atom is 0.195 e.